The summed E-state index contributed by atoms with van der Waals surface area (Å²) in [7, 11) is 1.26. The number of carbonyl (C=O) groups excluding carboxylic acids is 2. The summed E-state index contributed by atoms with van der Waals surface area (Å²) in [6, 6.07) is 4.92. The first-order chi connectivity index (χ1) is 14.5. The molecule has 2 aromatic rings. The molecule has 3 atom stereocenters. The van der Waals surface area contributed by atoms with E-state index in [2.05, 4.69) is 10.3 Å². The Morgan fingerprint density at radius 3 is 2.61 bits per heavy atom. The van der Waals surface area contributed by atoms with E-state index in [0.717, 1.165) is 6.07 Å². The number of rotatable bonds is 5. The number of methoxy groups -OCH3 is 1. The summed E-state index contributed by atoms with van der Waals surface area (Å²) in [4.78, 5) is 27.9. The molecular formula is C20H19F4N3O4. The van der Waals surface area contributed by atoms with Crippen LogP contribution in [0.15, 0.2) is 30.5 Å². The van der Waals surface area contributed by atoms with Gasteiger partial charge in [-0.15, -0.1) is 0 Å². The average Bonchev–Trinajstić information content (AvgIpc) is 3.16. The first-order valence-electron chi connectivity index (χ1n) is 9.14. The molecule has 2 amide bonds. The smallest absolute Gasteiger partial charge is 0.414 e. The van der Waals surface area contributed by atoms with Gasteiger partial charge >= 0.3 is 6.18 Å². The minimum Gasteiger partial charge on any atom is -0.496 e. The monoisotopic (exact) mass is 441 g/mol. The third-order valence-electron chi connectivity index (χ3n) is 5.02. The van der Waals surface area contributed by atoms with Crippen molar-refractivity contribution in [1.29, 1.82) is 0 Å². The van der Waals surface area contributed by atoms with Gasteiger partial charge in [-0.05, 0) is 31.5 Å². The van der Waals surface area contributed by atoms with Crippen molar-refractivity contribution in [3.05, 3.63) is 53.1 Å². The van der Waals surface area contributed by atoms with E-state index in [1.807, 2.05) is 0 Å². The summed E-state index contributed by atoms with van der Waals surface area (Å²) in [5, 5.41) is 2.42. The molecule has 1 aliphatic rings. The van der Waals surface area contributed by atoms with Crippen LogP contribution in [0.25, 0.3) is 0 Å². The fourth-order valence-electron chi connectivity index (χ4n) is 3.53. The maximum Gasteiger partial charge on any atom is 0.414 e. The second-order valence-corrected chi connectivity index (χ2v) is 7.01. The summed E-state index contributed by atoms with van der Waals surface area (Å²) < 4.78 is 64.3. The molecule has 2 heterocycles. The largest absolute Gasteiger partial charge is 0.496 e. The maximum absolute atomic E-state index is 13.9. The minimum absolute atomic E-state index is 0.0501. The number of nitrogens with one attached hydrogen (secondary N) is 1. The molecule has 3 N–H and O–H groups in total. The van der Waals surface area contributed by atoms with Crippen molar-refractivity contribution < 1.29 is 36.6 Å². The number of hydrogen-bond acceptors (Lipinski definition) is 5. The van der Waals surface area contributed by atoms with E-state index in [0.29, 0.717) is 0 Å². The van der Waals surface area contributed by atoms with E-state index in [-0.39, 0.29) is 28.3 Å². The van der Waals surface area contributed by atoms with Gasteiger partial charge in [0.15, 0.2) is 6.10 Å². The van der Waals surface area contributed by atoms with Crippen LogP contribution in [0, 0.1) is 12.7 Å². The molecule has 1 aromatic carbocycles. The molecule has 1 saturated heterocycles. The van der Waals surface area contributed by atoms with Crippen molar-refractivity contribution in [2.24, 2.45) is 5.73 Å². The van der Waals surface area contributed by atoms with Crippen LogP contribution in [0.2, 0.25) is 0 Å². The number of alkyl halides is 3. The number of primary amides is 1. The highest BCUT2D eigenvalue weighted by Crippen LogP contribution is 2.45. The van der Waals surface area contributed by atoms with E-state index in [1.54, 1.807) is 0 Å². The van der Waals surface area contributed by atoms with Crippen LogP contribution in [0.1, 0.15) is 34.0 Å². The molecule has 1 aromatic heterocycles. The lowest BCUT2D eigenvalue weighted by atomic mass is 9.88. The molecule has 3 rings (SSSR count). The summed E-state index contributed by atoms with van der Waals surface area (Å²) >= 11 is 0. The second kappa shape index (κ2) is 8.50. The van der Waals surface area contributed by atoms with Crippen LogP contribution in [-0.4, -0.2) is 42.3 Å². The summed E-state index contributed by atoms with van der Waals surface area (Å²) in [6.07, 6.45) is -7.78. The molecular weight excluding hydrogens is 422 g/mol. The first-order valence-corrected chi connectivity index (χ1v) is 9.14. The topological polar surface area (TPSA) is 104 Å². The lowest BCUT2D eigenvalue weighted by Crippen LogP contribution is -2.34. The number of anilines is 1. The Hall–Kier alpha value is -3.21. The third kappa shape index (κ3) is 4.61. The Morgan fingerprint density at radius 1 is 1.29 bits per heavy atom. The van der Waals surface area contributed by atoms with Gasteiger partial charge in [0, 0.05) is 28.9 Å². The summed E-state index contributed by atoms with van der Waals surface area (Å²) in [6.45, 7) is 1.42. The fraction of sp³-hybridized carbons (Fsp3) is 0.350. The number of halogens is 4. The van der Waals surface area contributed by atoms with Gasteiger partial charge in [0.25, 0.3) is 11.8 Å². The van der Waals surface area contributed by atoms with Gasteiger partial charge in [0.2, 0.25) is 0 Å². The van der Waals surface area contributed by atoms with Crippen LogP contribution in [0.5, 0.6) is 5.75 Å². The van der Waals surface area contributed by atoms with Crippen molar-refractivity contribution in [3.63, 3.8) is 0 Å². The normalized spacial score (nSPS) is 21.0. The predicted octanol–water partition coefficient (Wildman–Crippen LogP) is 3.08. The Bertz CT molecular complexity index is 1010. The average molecular weight is 441 g/mol. The van der Waals surface area contributed by atoms with Crippen molar-refractivity contribution >= 4 is 17.5 Å². The molecule has 1 fully saturated rings. The quantitative estimate of drug-likeness (QED) is 0.695. The van der Waals surface area contributed by atoms with Gasteiger partial charge < -0.3 is 20.5 Å². The number of pyridine rings is 1. The highest BCUT2D eigenvalue weighted by Gasteiger charge is 2.52. The molecule has 31 heavy (non-hydrogen) atoms. The number of nitrogens with two attached hydrogens (primary N) is 1. The standard InChI is InChI=1S/C20H19F4N3O4/c1-9-13(21)4-3-11(16(9)30-2)12-8-15(20(22,23)24)31-17(12)19(29)27-10-5-6-26-14(7-10)18(25)28/h3-7,12,15,17H,8H2,1-2H3,(H2,25,28)(H,26,27,29)/t12-,15?,17-/m0/s1. The number of ether oxygens (including phenoxy) is 2. The Balaban J connectivity index is 1.96. The SMILES string of the molecule is COc1c([C@@H]2CC(C(F)(F)F)O[C@@H]2C(=O)Nc2ccnc(C(N)=O)c2)ccc(F)c1C. The number of aromatic nitrogens is 1. The van der Waals surface area contributed by atoms with E-state index >= 15 is 0 Å². The molecule has 0 radical (unpaired) electrons. The molecule has 166 valence electrons. The van der Waals surface area contributed by atoms with Crippen LogP contribution in [0.3, 0.4) is 0 Å². The Kier molecular flexibility index (Phi) is 6.16. The van der Waals surface area contributed by atoms with Gasteiger partial charge in [0.05, 0.1) is 7.11 Å². The lowest BCUT2D eigenvalue weighted by molar-refractivity contribution is -0.213. The molecule has 0 aliphatic carbocycles. The third-order valence-corrected chi connectivity index (χ3v) is 5.02. The highest BCUT2D eigenvalue weighted by atomic mass is 19.4. The zero-order valence-electron chi connectivity index (χ0n) is 16.5. The van der Waals surface area contributed by atoms with Crippen LogP contribution in [0.4, 0.5) is 23.2 Å². The van der Waals surface area contributed by atoms with Crippen LogP contribution < -0.4 is 15.8 Å². The van der Waals surface area contributed by atoms with Crippen molar-refractivity contribution in [3.8, 4) is 5.75 Å². The Morgan fingerprint density at radius 2 is 2.00 bits per heavy atom. The van der Waals surface area contributed by atoms with Crippen LogP contribution >= 0.6 is 0 Å². The minimum atomic E-state index is -4.70. The van der Waals surface area contributed by atoms with Gasteiger partial charge in [-0.25, -0.2) is 4.39 Å². The predicted molar refractivity (Wildman–Crippen MR) is 101 cm³/mol. The fourth-order valence-corrected chi connectivity index (χ4v) is 3.53. The number of hydrogen-bond donors (Lipinski definition) is 2. The van der Waals surface area contributed by atoms with E-state index in [1.165, 1.54) is 38.4 Å². The summed E-state index contributed by atoms with van der Waals surface area (Å²) in [5.41, 5.74) is 5.45. The highest BCUT2D eigenvalue weighted by molar-refractivity contribution is 5.97. The van der Waals surface area contributed by atoms with E-state index in [4.69, 9.17) is 15.2 Å². The number of amides is 2. The van der Waals surface area contributed by atoms with E-state index < -0.39 is 48.4 Å². The molecule has 0 spiro atoms. The second-order valence-electron chi connectivity index (χ2n) is 7.01. The molecule has 0 saturated carbocycles. The number of carbonyl (C=O) groups is 2. The summed E-state index contributed by atoms with van der Waals surface area (Å²) in [5.74, 6) is -3.31. The number of nitrogens with zero attached hydrogens (tertiary/aromatic N) is 1. The van der Waals surface area contributed by atoms with Crippen molar-refractivity contribution in [2.45, 2.75) is 37.6 Å². The molecule has 11 heteroatoms. The molecule has 1 aliphatic heterocycles. The van der Waals surface area contributed by atoms with Crippen molar-refractivity contribution in [1.82, 2.24) is 4.98 Å². The number of benzene rings is 1. The zero-order valence-corrected chi connectivity index (χ0v) is 16.5. The van der Waals surface area contributed by atoms with E-state index in [9.17, 15) is 27.2 Å². The zero-order chi connectivity index (χ0) is 22.9. The molecule has 7 nitrogen and oxygen atoms in total. The van der Waals surface area contributed by atoms with Gasteiger partial charge in [-0.1, -0.05) is 6.07 Å². The van der Waals surface area contributed by atoms with Gasteiger partial charge in [0.1, 0.15) is 23.4 Å². The maximum atomic E-state index is 13.9. The van der Waals surface area contributed by atoms with Gasteiger partial charge in [-0.2, -0.15) is 13.2 Å². The van der Waals surface area contributed by atoms with Crippen molar-refractivity contribution in [2.75, 3.05) is 12.4 Å². The van der Waals surface area contributed by atoms with Gasteiger partial charge in [-0.3, -0.25) is 14.6 Å². The lowest BCUT2D eigenvalue weighted by Gasteiger charge is -2.21. The molecule has 1 unspecified atom stereocenters. The molecule has 0 bridgehead atoms. The Labute approximate surface area is 174 Å². The van der Waals surface area contributed by atoms with Crippen LogP contribution in [-0.2, 0) is 9.53 Å². The first kappa shape index (κ1) is 22.5.